The summed E-state index contributed by atoms with van der Waals surface area (Å²) < 4.78 is 21.6. The van der Waals surface area contributed by atoms with Gasteiger partial charge in [-0.2, -0.15) is 0 Å². The molecule has 1 aromatic rings. The maximum atomic E-state index is 11.4. The van der Waals surface area contributed by atoms with Crippen molar-refractivity contribution in [1.29, 1.82) is 0 Å². The van der Waals surface area contributed by atoms with Crippen LogP contribution in [0.5, 0.6) is 5.75 Å². The van der Waals surface area contributed by atoms with Crippen LogP contribution in [-0.2, 0) is 15.5 Å². The highest BCUT2D eigenvalue weighted by Gasteiger charge is 2.41. The molecule has 0 bridgehead atoms. The summed E-state index contributed by atoms with van der Waals surface area (Å²) in [5.74, 6) is 0.524. The van der Waals surface area contributed by atoms with Crippen LogP contribution in [0.1, 0.15) is 36.7 Å². The Morgan fingerprint density at radius 1 is 1.45 bits per heavy atom. The molecule has 0 radical (unpaired) electrons. The third kappa shape index (κ3) is 3.27. The number of rotatable bonds is 3. The number of carbonyl (C=O) groups is 1. The monoisotopic (exact) mass is 300 g/mol. The van der Waals surface area contributed by atoms with Gasteiger partial charge < -0.3 is 14.5 Å². The standard InChI is InChI=1S/C13H17O6P/c1-8(14)9-4-5-11-10(6-9)7-12(13(2,3)18-11)19-20(15,16)17/h4-6,12H,7H2,1-3H3,(H2,15,16,17). The topological polar surface area (TPSA) is 93.1 Å². The molecule has 1 aromatic carbocycles. The third-order valence-electron chi connectivity index (χ3n) is 3.29. The fourth-order valence-corrected chi connectivity index (χ4v) is 2.84. The summed E-state index contributed by atoms with van der Waals surface area (Å²) in [4.78, 5) is 29.3. The van der Waals surface area contributed by atoms with E-state index in [1.807, 2.05) is 0 Å². The number of fused-ring (bicyclic) bond motifs is 1. The van der Waals surface area contributed by atoms with E-state index in [-0.39, 0.29) is 12.2 Å². The predicted octanol–water partition coefficient (Wildman–Crippen LogP) is 2.08. The molecule has 1 heterocycles. The second kappa shape index (κ2) is 4.97. The summed E-state index contributed by atoms with van der Waals surface area (Å²) in [5, 5.41) is 0. The maximum absolute atomic E-state index is 11.4. The van der Waals surface area contributed by atoms with Gasteiger partial charge in [-0.05, 0) is 44.5 Å². The van der Waals surface area contributed by atoms with Gasteiger partial charge in [0.15, 0.2) is 5.78 Å². The molecule has 20 heavy (non-hydrogen) atoms. The number of hydrogen-bond donors (Lipinski definition) is 2. The molecule has 0 aromatic heterocycles. The van der Waals surface area contributed by atoms with Crippen molar-refractivity contribution >= 4 is 13.6 Å². The van der Waals surface area contributed by atoms with E-state index in [2.05, 4.69) is 0 Å². The van der Waals surface area contributed by atoms with Crippen molar-refractivity contribution in [1.82, 2.24) is 0 Å². The molecule has 7 heteroatoms. The van der Waals surface area contributed by atoms with Gasteiger partial charge in [0.1, 0.15) is 17.5 Å². The Hall–Kier alpha value is -1.20. The van der Waals surface area contributed by atoms with E-state index < -0.39 is 19.5 Å². The van der Waals surface area contributed by atoms with E-state index in [0.29, 0.717) is 16.9 Å². The van der Waals surface area contributed by atoms with Crippen LogP contribution >= 0.6 is 7.82 Å². The highest BCUT2D eigenvalue weighted by molar-refractivity contribution is 7.46. The van der Waals surface area contributed by atoms with Crippen LogP contribution in [0.25, 0.3) is 0 Å². The van der Waals surface area contributed by atoms with Crippen molar-refractivity contribution in [3.63, 3.8) is 0 Å². The quantitative estimate of drug-likeness (QED) is 0.656. The number of phosphoric acid groups is 1. The molecule has 0 fully saturated rings. The van der Waals surface area contributed by atoms with Crippen LogP contribution in [0.4, 0.5) is 0 Å². The molecular formula is C13H17O6P. The highest BCUT2D eigenvalue weighted by atomic mass is 31.2. The molecule has 1 unspecified atom stereocenters. The average Bonchev–Trinajstić information content (AvgIpc) is 2.27. The molecule has 0 amide bonds. The largest absolute Gasteiger partial charge is 0.485 e. The zero-order valence-corrected chi connectivity index (χ0v) is 12.4. The number of benzene rings is 1. The molecule has 1 aliphatic rings. The van der Waals surface area contributed by atoms with E-state index in [1.54, 1.807) is 32.0 Å². The SMILES string of the molecule is CC(=O)c1ccc2c(c1)CC(OP(=O)(O)O)C(C)(C)O2. The summed E-state index contributed by atoms with van der Waals surface area (Å²) in [6.45, 7) is 4.86. The van der Waals surface area contributed by atoms with Crippen molar-refractivity contribution in [2.45, 2.75) is 38.9 Å². The summed E-state index contributed by atoms with van der Waals surface area (Å²) in [5.41, 5.74) is 0.365. The number of ketones is 1. The van der Waals surface area contributed by atoms with Gasteiger partial charge in [-0.25, -0.2) is 4.57 Å². The molecule has 2 N–H and O–H groups in total. The van der Waals surface area contributed by atoms with Crippen LogP contribution in [0.3, 0.4) is 0 Å². The first-order chi connectivity index (χ1) is 9.08. The van der Waals surface area contributed by atoms with Crippen molar-refractivity contribution in [2.75, 3.05) is 0 Å². The summed E-state index contributed by atoms with van der Waals surface area (Å²) in [7, 11) is -4.60. The van der Waals surface area contributed by atoms with Crippen LogP contribution in [0.2, 0.25) is 0 Å². The van der Waals surface area contributed by atoms with Gasteiger partial charge in [-0.1, -0.05) is 0 Å². The van der Waals surface area contributed by atoms with Crippen molar-refractivity contribution in [3.05, 3.63) is 29.3 Å². The fourth-order valence-electron chi connectivity index (χ4n) is 2.18. The molecule has 110 valence electrons. The lowest BCUT2D eigenvalue weighted by atomic mass is 9.90. The average molecular weight is 300 g/mol. The Balaban J connectivity index is 2.35. The lowest BCUT2D eigenvalue weighted by Gasteiger charge is -2.39. The number of carbonyl (C=O) groups excluding carboxylic acids is 1. The van der Waals surface area contributed by atoms with E-state index in [4.69, 9.17) is 19.0 Å². The Kier molecular flexibility index (Phi) is 3.77. The zero-order chi connectivity index (χ0) is 15.1. The molecule has 2 rings (SSSR count). The van der Waals surface area contributed by atoms with Gasteiger partial charge in [-0.15, -0.1) is 0 Å². The molecule has 1 aliphatic heterocycles. The zero-order valence-electron chi connectivity index (χ0n) is 11.5. The van der Waals surface area contributed by atoms with E-state index in [0.717, 1.165) is 0 Å². The van der Waals surface area contributed by atoms with Gasteiger partial charge in [0.05, 0.1) is 0 Å². The van der Waals surface area contributed by atoms with Gasteiger partial charge in [0.25, 0.3) is 0 Å². The lowest BCUT2D eigenvalue weighted by molar-refractivity contribution is -0.0391. The Labute approximate surface area is 117 Å². The van der Waals surface area contributed by atoms with E-state index in [1.165, 1.54) is 6.92 Å². The first-order valence-corrected chi connectivity index (χ1v) is 7.68. The van der Waals surface area contributed by atoms with Gasteiger partial charge in [0.2, 0.25) is 0 Å². The number of ether oxygens (including phenoxy) is 1. The van der Waals surface area contributed by atoms with Crippen LogP contribution in [-0.4, -0.2) is 27.3 Å². The fraction of sp³-hybridized carbons (Fsp3) is 0.462. The second-order valence-corrected chi connectivity index (χ2v) is 6.56. The number of Topliss-reactive ketones (excluding diaryl/α,β-unsaturated/α-hetero) is 1. The van der Waals surface area contributed by atoms with Gasteiger partial charge in [-0.3, -0.25) is 9.32 Å². The van der Waals surface area contributed by atoms with Crippen molar-refractivity contribution in [3.8, 4) is 5.75 Å². The molecular weight excluding hydrogens is 283 g/mol. The molecule has 0 saturated carbocycles. The second-order valence-electron chi connectivity index (χ2n) is 5.37. The molecule has 1 atom stereocenters. The summed E-state index contributed by atoms with van der Waals surface area (Å²) in [6.07, 6.45) is -0.521. The van der Waals surface area contributed by atoms with Crippen LogP contribution in [0.15, 0.2) is 18.2 Å². The minimum atomic E-state index is -4.60. The highest BCUT2D eigenvalue weighted by Crippen LogP contribution is 2.44. The number of phosphoric ester groups is 1. The van der Waals surface area contributed by atoms with Crippen molar-refractivity contribution < 1.29 is 28.4 Å². The maximum Gasteiger partial charge on any atom is 0.470 e. The van der Waals surface area contributed by atoms with E-state index in [9.17, 15) is 9.36 Å². The van der Waals surface area contributed by atoms with Crippen LogP contribution < -0.4 is 4.74 Å². The Bertz CT molecular complexity index is 589. The predicted molar refractivity (Wildman–Crippen MR) is 71.8 cm³/mol. The van der Waals surface area contributed by atoms with Crippen molar-refractivity contribution in [2.24, 2.45) is 0 Å². The number of hydrogen-bond acceptors (Lipinski definition) is 4. The van der Waals surface area contributed by atoms with Crippen LogP contribution in [0, 0.1) is 0 Å². The first-order valence-electron chi connectivity index (χ1n) is 6.15. The minimum Gasteiger partial charge on any atom is -0.485 e. The van der Waals surface area contributed by atoms with Gasteiger partial charge in [0, 0.05) is 12.0 Å². The first kappa shape index (κ1) is 15.2. The Morgan fingerprint density at radius 2 is 2.10 bits per heavy atom. The third-order valence-corrected chi connectivity index (χ3v) is 3.81. The normalized spacial score (nSPS) is 20.9. The minimum absolute atomic E-state index is 0.0786. The molecule has 0 saturated heterocycles. The summed E-state index contributed by atoms with van der Waals surface area (Å²) >= 11 is 0. The molecule has 0 aliphatic carbocycles. The molecule has 0 spiro atoms. The Morgan fingerprint density at radius 3 is 2.65 bits per heavy atom. The lowest BCUT2D eigenvalue weighted by Crippen LogP contribution is -2.47. The summed E-state index contributed by atoms with van der Waals surface area (Å²) in [6, 6.07) is 5.03. The smallest absolute Gasteiger partial charge is 0.470 e. The van der Waals surface area contributed by atoms with E-state index >= 15 is 0 Å². The molecule has 6 nitrogen and oxygen atoms in total. The van der Waals surface area contributed by atoms with Gasteiger partial charge >= 0.3 is 7.82 Å².